The fourth-order valence-electron chi connectivity index (χ4n) is 11.4. The number of likely N-dealkylation sites (N-methyl/N-ethyl adjacent to an activating group) is 1. The highest BCUT2D eigenvalue weighted by Crippen LogP contribution is 2.46. The number of alkyl halides is 2. The molecule has 0 aliphatic carbocycles. The number of fused-ring (bicyclic) bond motifs is 7. The van der Waals surface area contributed by atoms with Crippen LogP contribution in [0.1, 0.15) is 93.0 Å². The second-order valence-electron chi connectivity index (χ2n) is 21.8. The highest BCUT2D eigenvalue weighted by Gasteiger charge is 2.48. The Kier molecular flexibility index (Phi) is 28.8. The number of nitrogens with one attached hydrogen (secondary N) is 1. The molecule has 0 bridgehead atoms. The number of esters is 3. The molecule has 7 atom stereocenters. The Morgan fingerprint density at radius 1 is 0.646 bits per heavy atom. The van der Waals surface area contributed by atoms with Gasteiger partial charge < -0.3 is 73.7 Å². The SMILES string of the molecule is CCN(CC)CC.CN.CN1CC(=O)N2[C@H](c3ccc4c(c3)OCO4)c3scnc3C[C@@H]2C1=O.COC(=O)C(N)Cc1cscn1.COC(=O)[C@H]1Cc2ncsc2[C@@H](c2ccc3c(c2)OCO3)N1.COC(=O)[C@H]1Cc2ncsc2[C@@H](c2ccc3c(c2)OCO3)N1C(=O)CCl.O=C(Cl)CCl. The first-order chi connectivity index (χ1) is 47.9. The molecule has 1 fully saturated rings. The van der Waals surface area contributed by atoms with Gasteiger partial charge in [-0.15, -0.1) is 68.5 Å². The van der Waals surface area contributed by atoms with Gasteiger partial charge in [0, 0.05) is 43.0 Å². The first-order valence-corrected chi connectivity index (χ1v) is 36.0. The predicted octanol–water partition coefficient (Wildman–Crippen LogP) is 7.06. The van der Waals surface area contributed by atoms with Crippen LogP contribution in [0.25, 0.3) is 0 Å². The van der Waals surface area contributed by atoms with Gasteiger partial charge in [-0.3, -0.25) is 34.1 Å². The number of carbonyl (C=O) groups excluding carboxylic acids is 7. The Bertz CT molecular complexity index is 3890. The first kappa shape index (κ1) is 76.9. The van der Waals surface area contributed by atoms with Gasteiger partial charge in [0.2, 0.25) is 43.3 Å². The normalized spacial score (nSPS) is 19.2. The summed E-state index contributed by atoms with van der Waals surface area (Å²) in [6.45, 7) is 10.8. The van der Waals surface area contributed by atoms with Crippen molar-refractivity contribution >= 4 is 121 Å². The molecule has 11 heterocycles. The Morgan fingerprint density at radius 3 is 1.62 bits per heavy atom. The largest absolute Gasteiger partial charge is 0.468 e. The molecule has 532 valence electrons. The van der Waals surface area contributed by atoms with E-state index in [1.807, 2.05) is 59.4 Å². The number of piperazine rings is 1. The summed E-state index contributed by atoms with van der Waals surface area (Å²) >= 11 is 21.4. The third-order valence-electron chi connectivity index (χ3n) is 16.2. The highest BCUT2D eigenvalue weighted by molar-refractivity contribution is 7.10. The molecule has 4 aromatic heterocycles. The maximum Gasteiger partial charge on any atom is 0.329 e. The predicted molar refractivity (Wildman–Crippen MR) is 372 cm³/mol. The van der Waals surface area contributed by atoms with Gasteiger partial charge in [-0.05, 0) is 91.4 Å². The van der Waals surface area contributed by atoms with Crippen molar-refractivity contribution in [1.82, 2.24) is 44.9 Å². The highest BCUT2D eigenvalue weighted by atomic mass is 35.5. The quantitative estimate of drug-likeness (QED) is 0.0450. The number of ether oxygens (including phenoxy) is 9. The van der Waals surface area contributed by atoms with Crippen molar-refractivity contribution < 1.29 is 76.2 Å². The first-order valence-electron chi connectivity index (χ1n) is 30.9. The van der Waals surface area contributed by atoms with Gasteiger partial charge in [0.15, 0.2) is 34.5 Å². The number of benzene rings is 3. The number of nitrogens with two attached hydrogens (primary N) is 2. The summed E-state index contributed by atoms with van der Waals surface area (Å²) in [7, 11) is 7.20. The van der Waals surface area contributed by atoms with Gasteiger partial charge in [0.25, 0.3) is 0 Å². The van der Waals surface area contributed by atoms with Gasteiger partial charge in [-0.25, -0.2) is 24.7 Å². The van der Waals surface area contributed by atoms with Gasteiger partial charge in [0.05, 0.1) is 106 Å². The summed E-state index contributed by atoms with van der Waals surface area (Å²) in [5.41, 5.74) is 23.2. The molecule has 99 heavy (non-hydrogen) atoms. The Morgan fingerprint density at radius 2 is 1.13 bits per heavy atom. The molecule has 7 aliphatic heterocycles. The van der Waals surface area contributed by atoms with E-state index >= 15 is 0 Å². The van der Waals surface area contributed by atoms with E-state index in [1.54, 1.807) is 45.9 Å². The number of nitrogens with zero attached hydrogens (tertiary/aromatic N) is 8. The van der Waals surface area contributed by atoms with E-state index in [2.05, 4.69) is 61.4 Å². The van der Waals surface area contributed by atoms with Crippen LogP contribution in [-0.4, -0.2) is 198 Å². The van der Waals surface area contributed by atoms with Crippen molar-refractivity contribution in [2.24, 2.45) is 11.5 Å². The minimum Gasteiger partial charge on any atom is -0.468 e. The molecule has 0 spiro atoms. The lowest BCUT2D eigenvalue weighted by molar-refractivity contribution is -0.157. The molecule has 1 saturated heterocycles. The van der Waals surface area contributed by atoms with E-state index in [1.165, 1.54) is 91.8 Å². The van der Waals surface area contributed by atoms with E-state index in [4.69, 9.17) is 78.4 Å². The molecule has 1 unspecified atom stereocenters. The third kappa shape index (κ3) is 18.6. The third-order valence-corrected chi connectivity index (χ3v) is 20.4. The molecule has 7 aliphatic rings. The van der Waals surface area contributed by atoms with Crippen molar-refractivity contribution in [3.63, 3.8) is 0 Å². The number of aromatic nitrogens is 4. The minimum atomic E-state index is -0.781. The van der Waals surface area contributed by atoms with E-state index in [-0.39, 0.29) is 74.5 Å². The number of amides is 3. The number of methoxy groups -OCH3 is 3. The van der Waals surface area contributed by atoms with E-state index in [0.717, 1.165) is 65.6 Å². The van der Waals surface area contributed by atoms with E-state index in [9.17, 15) is 33.6 Å². The molecule has 0 radical (unpaired) electrons. The molecule has 7 aromatic rings. The molecule has 3 amide bonds. The fourth-order valence-corrected chi connectivity index (χ4v) is 14.9. The zero-order chi connectivity index (χ0) is 71.4. The summed E-state index contributed by atoms with van der Waals surface area (Å²) < 4.78 is 46.7. The maximum atomic E-state index is 12.8. The van der Waals surface area contributed by atoms with Crippen LogP contribution in [0.2, 0.25) is 0 Å². The number of hydrogen-bond donors (Lipinski definition) is 3. The fraction of sp³-hybridized carbons (Fsp3) is 0.431. The molecule has 27 nitrogen and oxygen atoms in total. The Labute approximate surface area is 602 Å². The average Bonchev–Trinajstić information content (AvgIpc) is 1.74. The molecule has 3 aromatic carbocycles. The monoisotopic (exact) mass is 1500 g/mol. The lowest BCUT2D eigenvalue weighted by atomic mass is 9.90. The summed E-state index contributed by atoms with van der Waals surface area (Å²) in [5.74, 6) is 2.16. The molecule has 14 rings (SSSR count). The Balaban J connectivity index is 0.000000161. The van der Waals surface area contributed by atoms with Crippen molar-refractivity contribution in [2.45, 2.75) is 88.7 Å². The smallest absolute Gasteiger partial charge is 0.329 e. The second-order valence-corrected chi connectivity index (χ2v) is 26.2. The van der Waals surface area contributed by atoms with Crippen LogP contribution in [0.4, 0.5) is 0 Å². The standard InChI is InChI=1S/C17H15ClN2O5S.C17H15N3O4S.C15H14N2O4S.C7H10N2O2S.C6H15N.C2H2Cl2O.CH5N/c1-23-17(22)11-5-10-16(26-7-19-10)15(20(11)14(21)6-18)9-2-3-12-13(4-9)25-8-24-12;1-19-6-14(21)20-11(17(19)22)5-10-16(25-7-18-10)15(20)9-2-3-12-13(4-9)24-8-23-12;1-19-15(18)10-5-9-14(22-6-16-9)13(17-10)8-2-3-11-12(4-8)21-7-20-11;1-11-7(10)6(8)2-5-3-12-4-9-5;1-4-7(5-2)6-3;3-1-2(4)5;1-2/h2-4,7,11,15H,5-6,8H2,1H3;2-4,7,11,15H,5-6,8H2,1H3;2-4,6,10,13,17H,5,7H2,1H3;3-4,6H,2,8H2,1H3;4-6H2,1-3H3;1H2;2H2,1H3/t2*11-,15-;10-,13-;;;;/m111..../s1. The van der Waals surface area contributed by atoms with Crippen molar-refractivity contribution in [3.05, 3.63) is 136 Å². The van der Waals surface area contributed by atoms with Crippen LogP contribution in [0.5, 0.6) is 34.5 Å². The number of carbonyl (C=O) groups is 7. The van der Waals surface area contributed by atoms with Gasteiger partial charge in [-0.1, -0.05) is 39.0 Å². The van der Waals surface area contributed by atoms with Crippen molar-refractivity contribution in [2.75, 3.05) is 93.7 Å². The lowest BCUT2D eigenvalue weighted by Gasteiger charge is -2.45. The van der Waals surface area contributed by atoms with Crippen LogP contribution in [0.15, 0.2) is 82.0 Å². The number of hydrogen-bond acceptors (Lipinski definition) is 28. The Hall–Kier alpha value is -7.82. The van der Waals surface area contributed by atoms with Crippen LogP contribution >= 0.6 is 80.1 Å². The molecule has 0 saturated carbocycles. The number of thiazole rings is 4. The van der Waals surface area contributed by atoms with Gasteiger partial charge in [-0.2, -0.15) is 0 Å². The molecule has 5 N–H and O–H groups in total. The zero-order valence-electron chi connectivity index (χ0n) is 55.3. The van der Waals surface area contributed by atoms with Crippen molar-refractivity contribution in [1.29, 1.82) is 0 Å². The molecular formula is C65H76Cl3N11O16S4. The van der Waals surface area contributed by atoms with E-state index in [0.29, 0.717) is 48.7 Å². The summed E-state index contributed by atoms with van der Waals surface area (Å²) in [6.07, 6.45) is 1.76. The minimum absolute atomic E-state index is 0.0380. The summed E-state index contributed by atoms with van der Waals surface area (Å²) in [6, 6.07) is 13.8. The van der Waals surface area contributed by atoms with Gasteiger partial charge in [0.1, 0.15) is 30.0 Å². The van der Waals surface area contributed by atoms with Gasteiger partial charge >= 0.3 is 17.9 Å². The van der Waals surface area contributed by atoms with Crippen LogP contribution in [0.3, 0.4) is 0 Å². The number of halogens is 3. The summed E-state index contributed by atoms with van der Waals surface area (Å²) in [4.78, 5) is 110. The topological polar surface area (TPSA) is 331 Å². The average molecular weight is 1500 g/mol. The maximum absolute atomic E-state index is 12.8. The van der Waals surface area contributed by atoms with E-state index < -0.39 is 47.4 Å². The molecule has 34 heteroatoms. The molecular weight excluding hydrogens is 1430 g/mol. The number of rotatable bonds is 13. The summed E-state index contributed by atoms with van der Waals surface area (Å²) in [5, 5.41) is 4.71. The van der Waals surface area contributed by atoms with Crippen molar-refractivity contribution in [3.8, 4) is 34.5 Å². The zero-order valence-corrected chi connectivity index (χ0v) is 60.9. The van der Waals surface area contributed by atoms with Crippen LogP contribution in [0, 0.1) is 0 Å². The van der Waals surface area contributed by atoms with Crippen LogP contribution < -0.4 is 45.2 Å². The van der Waals surface area contributed by atoms with Crippen LogP contribution in [-0.2, 0) is 73.5 Å². The second kappa shape index (κ2) is 37.0. The lowest BCUT2D eigenvalue weighted by Crippen LogP contribution is -2.61.